The van der Waals surface area contributed by atoms with Gasteiger partial charge in [-0.15, -0.1) is 0 Å². The van der Waals surface area contributed by atoms with Crippen LogP contribution in [0.1, 0.15) is 16.0 Å². The first-order valence-electron chi connectivity index (χ1n) is 6.23. The van der Waals surface area contributed by atoms with E-state index in [-0.39, 0.29) is 4.83 Å². The second-order valence-corrected chi connectivity index (χ2v) is 5.55. The molecule has 3 aromatic rings. The highest BCUT2D eigenvalue weighted by Gasteiger charge is 2.15. The number of alkyl halides is 1. The Morgan fingerprint density at radius 1 is 0.800 bits per heavy atom. The Labute approximate surface area is 124 Å². The number of halogens is 3. The molecule has 0 aliphatic carbocycles. The van der Waals surface area contributed by atoms with Crippen molar-refractivity contribution in [2.24, 2.45) is 0 Å². The summed E-state index contributed by atoms with van der Waals surface area (Å²) in [6.45, 7) is 0. The van der Waals surface area contributed by atoms with Crippen LogP contribution in [0.5, 0.6) is 0 Å². The molecular formula is C17H11BrF2. The van der Waals surface area contributed by atoms with Gasteiger partial charge in [-0.05, 0) is 28.5 Å². The summed E-state index contributed by atoms with van der Waals surface area (Å²) in [7, 11) is 0. The summed E-state index contributed by atoms with van der Waals surface area (Å²) in [5.41, 5.74) is 1.37. The van der Waals surface area contributed by atoms with Crippen molar-refractivity contribution in [3.63, 3.8) is 0 Å². The van der Waals surface area contributed by atoms with E-state index in [1.165, 1.54) is 12.1 Å². The Hall–Kier alpha value is -1.74. The second kappa shape index (κ2) is 5.33. The van der Waals surface area contributed by atoms with Crippen LogP contribution in [0.2, 0.25) is 0 Å². The van der Waals surface area contributed by atoms with Gasteiger partial charge in [0.25, 0.3) is 0 Å². The monoisotopic (exact) mass is 332 g/mol. The van der Waals surface area contributed by atoms with Gasteiger partial charge in [0.1, 0.15) is 11.6 Å². The number of benzene rings is 3. The average Bonchev–Trinajstić information content (AvgIpc) is 2.46. The lowest BCUT2D eigenvalue weighted by molar-refractivity contribution is 0.574. The van der Waals surface area contributed by atoms with Crippen LogP contribution < -0.4 is 0 Å². The lowest BCUT2D eigenvalue weighted by Gasteiger charge is -2.12. The van der Waals surface area contributed by atoms with Crippen molar-refractivity contribution in [3.05, 3.63) is 83.4 Å². The second-order valence-electron chi connectivity index (χ2n) is 4.63. The first kappa shape index (κ1) is 13.3. The molecule has 3 heteroatoms. The number of hydrogen-bond acceptors (Lipinski definition) is 0. The van der Waals surface area contributed by atoms with Gasteiger partial charge in [-0.25, -0.2) is 8.78 Å². The minimum atomic E-state index is -0.565. The van der Waals surface area contributed by atoms with Gasteiger partial charge in [-0.1, -0.05) is 58.4 Å². The van der Waals surface area contributed by atoms with Gasteiger partial charge >= 0.3 is 0 Å². The molecule has 0 bridgehead atoms. The van der Waals surface area contributed by atoms with E-state index in [4.69, 9.17) is 0 Å². The van der Waals surface area contributed by atoms with Crippen LogP contribution in [0, 0.1) is 11.6 Å². The average molecular weight is 333 g/mol. The summed E-state index contributed by atoms with van der Waals surface area (Å²) in [6.07, 6.45) is 0. The van der Waals surface area contributed by atoms with Crippen LogP contribution in [0.15, 0.2) is 60.7 Å². The van der Waals surface area contributed by atoms with Crippen LogP contribution >= 0.6 is 15.9 Å². The highest BCUT2D eigenvalue weighted by atomic mass is 79.9. The van der Waals surface area contributed by atoms with Crippen molar-refractivity contribution >= 4 is 26.7 Å². The molecule has 1 atom stereocenters. The van der Waals surface area contributed by atoms with E-state index in [9.17, 15) is 8.78 Å². The zero-order valence-corrected chi connectivity index (χ0v) is 12.1. The summed E-state index contributed by atoms with van der Waals surface area (Å²) in [5, 5.41) is 2.23. The Morgan fingerprint density at radius 2 is 1.55 bits per heavy atom. The summed E-state index contributed by atoms with van der Waals surface area (Å²) in [4.78, 5) is -0.298. The molecule has 0 radical (unpaired) electrons. The zero-order chi connectivity index (χ0) is 14.1. The fourth-order valence-electron chi connectivity index (χ4n) is 2.25. The molecule has 100 valence electrons. The van der Waals surface area contributed by atoms with Crippen molar-refractivity contribution in [1.29, 1.82) is 0 Å². The van der Waals surface area contributed by atoms with Crippen molar-refractivity contribution in [1.82, 2.24) is 0 Å². The number of rotatable bonds is 2. The molecule has 20 heavy (non-hydrogen) atoms. The van der Waals surface area contributed by atoms with Gasteiger partial charge in [-0.3, -0.25) is 0 Å². The quantitative estimate of drug-likeness (QED) is 0.535. The van der Waals surface area contributed by atoms with E-state index >= 15 is 0 Å². The van der Waals surface area contributed by atoms with Crippen LogP contribution in [0.4, 0.5) is 8.78 Å². The van der Waals surface area contributed by atoms with Gasteiger partial charge in [0.05, 0.1) is 4.83 Å². The lowest BCUT2D eigenvalue weighted by Crippen LogP contribution is -1.97. The highest BCUT2D eigenvalue weighted by molar-refractivity contribution is 9.09. The minimum absolute atomic E-state index is 0.298. The molecule has 0 aliphatic heterocycles. The molecule has 0 spiro atoms. The largest absolute Gasteiger partial charge is 0.207 e. The molecule has 0 nitrogen and oxygen atoms in total. The van der Waals surface area contributed by atoms with Crippen molar-refractivity contribution in [2.45, 2.75) is 4.83 Å². The Bertz CT molecular complexity index is 768. The van der Waals surface area contributed by atoms with E-state index in [1.807, 2.05) is 42.5 Å². The minimum Gasteiger partial charge on any atom is -0.207 e. The van der Waals surface area contributed by atoms with Gasteiger partial charge in [0, 0.05) is 11.6 Å². The van der Waals surface area contributed by atoms with E-state index in [1.54, 1.807) is 0 Å². The summed E-state index contributed by atoms with van der Waals surface area (Å²) >= 11 is 3.49. The smallest absolute Gasteiger partial charge is 0.130 e. The van der Waals surface area contributed by atoms with Crippen LogP contribution in [0.25, 0.3) is 10.8 Å². The maximum absolute atomic E-state index is 13.8. The van der Waals surface area contributed by atoms with E-state index in [0.717, 1.165) is 22.4 Å². The van der Waals surface area contributed by atoms with Gasteiger partial charge in [0.15, 0.2) is 0 Å². The van der Waals surface area contributed by atoms with Crippen LogP contribution in [-0.4, -0.2) is 0 Å². The third-order valence-electron chi connectivity index (χ3n) is 3.30. The molecule has 0 saturated carbocycles. The van der Waals surface area contributed by atoms with Crippen molar-refractivity contribution in [2.75, 3.05) is 0 Å². The molecule has 0 amide bonds. The molecule has 1 unspecified atom stereocenters. The molecule has 0 saturated heterocycles. The molecule has 3 rings (SSSR count). The predicted octanol–water partition coefficient (Wildman–Crippen LogP) is 5.60. The number of hydrogen-bond donors (Lipinski definition) is 0. The SMILES string of the molecule is Fc1ccc(C(Br)c2ccc3ccccc3c2)c(F)c1. The Morgan fingerprint density at radius 3 is 2.30 bits per heavy atom. The molecule has 0 aromatic heterocycles. The fraction of sp³-hybridized carbons (Fsp3) is 0.0588. The maximum Gasteiger partial charge on any atom is 0.130 e. The molecule has 3 aromatic carbocycles. The number of fused-ring (bicyclic) bond motifs is 1. The van der Waals surface area contributed by atoms with Crippen LogP contribution in [0.3, 0.4) is 0 Å². The fourth-order valence-corrected chi connectivity index (χ4v) is 2.91. The van der Waals surface area contributed by atoms with Gasteiger partial charge in [0.2, 0.25) is 0 Å². The molecule has 0 heterocycles. The Balaban J connectivity index is 2.05. The molecule has 0 fully saturated rings. The molecule has 0 aliphatic rings. The first-order valence-corrected chi connectivity index (χ1v) is 7.14. The van der Waals surface area contributed by atoms with Gasteiger partial charge < -0.3 is 0 Å². The lowest BCUT2D eigenvalue weighted by atomic mass is 10.0. The van der Waals surface area contributed by atoms with Gasteiger partial charge in [-0.2, -0.15) is 0 Å². The van der Waals surface area contributed by atoms with E-state index < -0.39 is 11.6 Å². The van der Waals surface area contributed by atoms with E-state index in [2.05, 4.69) is 15.9 Å². The van der Waals surface area contributed by atoms with Crippen molar-refractivity contribution in [3.8, 4) is 0 Å². The first-order chi connectivity index (χ1) is 9.65. The highest BCUT2D eigenvalue weighted by Crippen LogP contribution is 2.34. The van der Waals surface area contributed by atoms with Crippen molar-refractivity contribution < 1.29 is 8.78 Å². The third kappa shape index (κ3) is 2.46. The normalized spacial score (nSPS) is 12.6. The van der Waals surface area contributed by atoms with E-state index in [0.29, 0.717) is 5.56 Å². The zero-order valence-electron chi connectivity index (χ0n) is 10.5. The summed E-state index contributed by atoms with van der Waals surface area (Å²) in [6, 6.07) is 17.6. The summed E-state index contributed by atoms with van der Waals surface area (Å²) < 4.78 is 26.8. The molecule has 0 N–H and O–H groups in total. The topological polar surface area (TPSA) is 0 Å². The van der Waals surface area contributed by atoms with Crippen LogP contribution in [-0.2, 0) is 0 Å². The Kier molecular flexibility index (Phi) is 3.53. The summed E-state index contributed by atoms with van der Waals surface area (Å²) in [5.74, 6) is -1.11. The predicted molar refractivity (Wildman–Crippen MR) is 81.1 cm³/mol. The maximum atomic E-state index is 13.8. The molecular weight excluding hydrogens is 322 g/mol. The third-order valence-corrected chi connectivity index (χ3v) is 4.32. The standard InChI is InChI=1S/C17H11BrF2/c18-17(15-8-7-14(19)10-16(15)20)13-6-5-11-3-1-2-4-12(11)9-13/h1-10,17H.